The molecule has 1 N–H and O–H groups in total. The SMILES string of the molecule is CCc1ccccc1Nc1nc(C)cc(C(=O)N2CCN(C=O)CC2)n1. The van der Waals surface area contributed by atoms with E-state index >= 15 is 0 Å². The highest BCUT2D eigenvalue weighted by atomic mass is 16.2. The van der Waals surface area contributed by atoms with Gasteiger partial charge < -0.3 is 15.1 Å². The third-order valence-corrected chi connectivity index (χ3v) is 4.47. The number of para-hydroxylation sites is 1. The maximum absolute atomic E-state index is 12.8. The van der Waals surface area contributed by atoms with Crippen molar-refractivity contribution in [1.82, 2.24) is 19.8 Å². The second-order valence-electron chi connectivity index (χ2n) is 6.29. The number of carbonyl (C=O) groups is 2. The molecule has 0 unspecified atom stereocenters. The molecule has 0 saturated carbocycles. The zero-order valence-corrected chi connectivity index (χ0v) is 15.1. The van der Waals surface area contributed by atoms with Crippen LogP contribution < -0.4 is 5.32 Å². The van der Waals surface area contributed by atoms with Crippen LogP contribution in [0.3, 0.4) is 0 Å². The van der Waals surface area contributed by atoms with E-state index in [1.165, 1.54) is 0 Å². The number of nitrogens with one attached hydrogen (secondary N) is 1. The van der Waals surface area contributed by atoms with Crippen molar-refractivity contribution >= 4 is 24.0 Å². The zero-order valence-electron chi connectivity index (χ0n) is 15.1. The summed E-state index contributed by atoms with van der Waals surface area (Å²) in [4.78, 5) is 35.8. The molecule has 1 aliphatic rings. The zero-order chi connectivity index (χ0) is 18.5. The van der Waals surface area contributed by atoms with Crippen LogP contribution in [0.2, 0.25) is 0 Å². The van der Waals surface area contributed by atoms with Crippen molar-refractivity contribution in [2.75, 3.05) is 31.5 Å². The van der Waals surface area contributed by atoms with E-state index < -0.39 is 0 Å². The molecule has 1 aliphatic heterocycles. The first-order valence-electron chi connectivity index (χ1n) is 8.80. The molecule has 136 valence electrons. The van der Waals surface area contributed by atoms with Gasteiger partial charge in [-0.25, -0.2) is 9.97 Å². The normalized spacial score (nSPS) is 14.2. The Kier molecular flexibility index (Phi) is 5.46. The van der Waals surface area contributed by atoms with Gasteiger partial charge in [-0.05, 0) is 31.0 Å². The van der Waals surface area contributed by atoms with Crippen LogP contribution in [0.1, 0.15) is 28.7 Å². The molecule has 0 atom stereocenters. The molecule has 3 rings (SSSR count). The van der Waals surface area contributed by atoms with Gasteiger partial charge in [-0.2, -0.15) is 0 Å². The molecule has 2 amide bonds. The topological polar surface area (TPSA) is 78.4 Å². The highest BCUT2D eigenvalue weighted by Gasteiger charge is 2.23. The number of amides is 2. The first-order valence-corrected chi connectivity index (χ1v) is 8.80. The predicted octanol–water partition coefficient (Wildman–Crippen LogP) is 2.01. The second kappa shape index (κ2) is 7.95. The predicted molar refractivity (Wildman–Crippen MR) is 99.4 cm³/mol. The Morgan fingerprint density at radius 3 is 2.62 bits per heavy atom. The van der Waals surface area contributed by atoms with Crippen LogP contribution in [0.15, 0.2) is 30.3 Å². The van der Waals surface area contributed by atoms with Crippen LogP contribution in [-0.2, 0) is 11.2 Å². The summed E-state index contributed by atoms with van der Waals surface area (Å²) in [5.74, 6) is 0.286. The molecule has 0 radical (unpaired) electrons. The number of piperazine rings is 1. The Hall–Kier alpha value is -2.96. The first-order chi connectivity index (χ1) is 12.6. The lowest BCUT2D eigenvalue weighted by molar-refractivity contribution is -0.119. The number of benzene rings is 1. The van der Waals surface area contributed by atoms with Crippen molar-refractivity contribution in [3.8, 4) is 0 Å². The Morgan fingerprint density at radius 1 is 1.19 bits per heavy atom. The molecule has 1 aromatic carbocycles. The lowest BCUT2D eigenvalue weighted by Gasteiger charge is -2.32. The summed E-state index contributed by atoms with van der Waals surface area (Å²) in [6.07, 6.45) is 1.71. The van der Waals surface area contributed by atoms with Crippen molar-refractivity contribution in [2.45, 2.75) is 20.3 Å². The second-order valence-corrected chi connectivity index (χ2v) is 6.29. The summed E-state index contributed by atoms with van der Waals surface area (Å²) in [6, 6.07) is 9.68. The number of aromatic nitrogens is 2. The molecule has 7 nitrogen and oxygen atoms in total. The average molecular weight is 353 g/mol. The molecular formula is C19H23N5O2. The minimum Gasteiger partial charge on any atom is -0.342 e. The van der Waals surface area contributed by atoms with Gasteiger partial charge in [0, 0.05) is 37.6 Å². The summed E-state index contributed by atoms with van der Waals surface area (Å²) in [5, 5.41) is 3.23. The molecule has 7 heteroatoms. The first kappa shape index (κ1) is 17.8. The fourth-order valence-corrected chi connectivity index (χ4v) is 3.00. The van der Waals surface area contributed by atoms with Crippen molar-refractivity contribution in [1.29, 1.82) is 0 Å². The largest absolute Gasteiger partial charge is 0.342 e. The van der Waals surface area contributed by atoms with Crippen LogP contribution in [0.25, 0.3) is 0 Å². The lowest BCUT2D eigenvalue weighted by Crippen LogP contribution is -2.48. The number of hydrogen-bond donors (Lipinski definition) is 1. The van der Waals surface area contributed by atoms with Gasteiger partial charge in [0.25, 0.3) is 5.91 Å². The van der Waals surface area contributed by atoms with Crippen molar-refractivity contribution < 1.29 is 9.59 Å². The Balaban J connectivity index is 1.79. The monoisotopic (exact) mass is 353 g/mol. The molecular weight excluding hydrogens is 330 g/mol. The van der Waals surface area contributed by atoms with Crippen LogP contribution in [0, 0.1) is 6.92 Å². The molecule has 1 aromatic heterocycles. The van der Waals surface area contributed by atoms with Crippen molar-refractivity contribution in [2.24, 2.45) is 0 Å². The van der Waals surface area contributed by atoms with Crippen LogP contribution in [-0.4, -0.2) is 58.3 Å². The van der Waals surface area contributed by atoms with E-state index in [2.05, 4.69) is 28.3 Å². The van der Waals surface area contributed by atoms with Gasteiger partial charge in [0.05, 0.1) is 0 Å². The lowest BCUT2D eigenvalue weighted by atomic mass is 10.1. The number of aryl methyl sites for hydroxylation is 2. The fraction of sp³-hybridized carbons (Fsp3) is 0.368. The quantitative estimate of drug-likeness (QED) is 0.832. The highest BCUT2D eigenvalue weighted by molar-refractivity contribution is 5.93. The van der Waals surface area contributed by atoms with Gasteiger partial charge in [0.15, 0.2) is 0 Å². The standard InChI is InChI=1S/C19H23N5O2/c1-3-15-6-4-5-7-16(15)21-19-20-14(2)12-17(22-19)18(26)24-10-8-23(13-25)9-11-24/h4-7,12-13H,3,8-11H2,1-2H3,(H,20,21,22). The number of rotatable bonds is 5. The summed E-state index contributed by atoms with van der Waals surface area (Å²) in [7, 11) is 0. The Morgan fingerprint density at radius 2 is 1.92 bits per heavy atom. The van der Waals surface area contributed by atoms with Crippen LogP contribution >= 0.6 is 0 Å². The molecule has 0 spiro atoms. The summed E-state index contributed by atoms with van der Waals surface area (Å²) < 4.78 is 0. The average Bonchev–Trinajstić information content (AvgIpc) is 2.67. The van der Waals surface area contributed by atoms with E-state index in [-0.39, 0.29) is 5.91 Å². The Bertz CT molecular complexity index is 800. The molecule has 2 heterocycles. The van der Waals surface area contributed by atoms with E-state index in [1.807, 2.05) is 25.1 Å². The van der Waals surface area contributed by atoms with Gasteiger partial charge in [-0.3, -0.25) is 9.59 Å². The van der Waals surface area contributed by atoms with E-state index in [9.17, 15) is 9.59 Å². The Labute approximate surface area is 153 Å². The van der Waals surface area contributed by atoms with E-state index in [1.54, 1.807) is 15.9 Å². The fourth-order valence-electron chi connectivity index (χ4n) is 3.00. The third-order valence-electron chi connectivity index (χ3n) is 4.47. The van der Waals surface area contributed by atoms with Crippen LogP contribution in [0.4, 0.5) is 11.6 Å². The minimum absolute atomic E-state index is 0.132. The number of nitrogens with zero attached hydrogens (tertiary/aromatic N) is 4. The number of anilines is 2. The van der Waals surface area contributed by atoms with Gasteiger partial charge in [0.1, 0.15) is 5.69 Å². The molecule has 26 heavy (non-hydrogen) atoms. The molecule has 0 bridgehead atoms. The van der Waals surface area contributed by atoms with E-state index in [0.717, 1.165) is 29.8 Å². The highest BCUT2D eigenvalue weighted by Crippen LogP contribution is 2.20. The maximum atomic E-state index is 12.8. The maximum Gasteiger partial charge on any atom is 0.272 e. The van der Waals surface area contributed by atoms with Gasteiger partial charge in [-0.1, -0.05) is 25.1 Å². The van der Waals surface area contributed by atoms with Crippen LogP contribution in [0.5, 0.6) is 0 Å². The molecule has 1 fully saturated rings. The van der Waals surface area contributed by atoms with E-state index in [0.29, 0.717) is 37.8 Å². The summed E-state index contributed by atoms with van der Waals surface area (Å²) >= 11 is 0. The molecule has 1 saturated heterocycles. The van der Waals surface area contributed by atoms with Gasteiger partial charge >= 0.3 is 0 Å². The van der Waals surface area contributed by atoms with E-state index in [4.69, 9.17) is 0 Å². The molecule has 2 aromatic rings. The summed E-state index contributed by atoms with van der Waals surface area (Å²) in [6.45, 7) is 6.07. The molecule has 0 aliphatic carbocycles. The number of carbonyl (C=O) groups excluding carboxylic acids is 2. The summed E-state index contributed by atoms with van der Waals surface area (Å²) in [5.41, 5.74) is 3.20. The number of hydrogen-bond acceptors (Lipinski definition) is 5. The van der Waals surface area contributed by atoms with Crippen molar-refractivity contribution in [3.63, 3.8) is 0 Å². The third kappa shape index (κ3) is 3.99. The van der Waals surface area contributed by atoms with Gasteiger partial charge in [-0.15, -0.1) is 0 Å². The smallest absolute Gasteiger partial charge is 0.272 e. The minimum atomic E-state index is -0.132. The van der Waals surface area contributed by atoms with Gasteiger partial charge in [0.2, 0.25) is 12.4 Å². The van der Waals surface area contributed by atoms with Crippen molar-refractivity contribution in [3.05, 3.63) is 47.3 Å².